The molecule has 0 N–H and O–H groups in total. The molecule has 3 heterocycles. The van der Waals surface area contributed by atoms with E-state index in [-0.39, 0.29) is 11.2 Å². The molecular formula is C11H14O2. The van der Waals surface area contributed by atoms with Gasteiger partial charge in [0.2, 0.25) is 0 Å². The first-order valence-electron chi connectivity index (χ1n) is 4.87. The fourth-order valence-corrected chi connectivity index (χ4v) is 2.82. The first-order chi connectivity index (χ1) is 6.14. The van der Waals surface area contributed by atoms with Gasteiger partial charge in [-0.05, 0) is 26.3 Å². The van der Waals surface area contributed by atoms with Gasteiger partial charge in [-0.3, -0.25) is 0 Å². The normalized spacial score (nSPS) is 51.5. The molecule has 3 atom stereocenters. The van der Waals surface area contributed by atoms with E-state index < -0.39 is 0 Å². The third-order valence-electron chi connectivity index (χ3n) is 3.54. The Morgan fingerprint density at radius 2 is 2.23 bits per heavy atom. The second-order valence-corrected chi connectivity index (χ2v) is 4.51. The second kappa shape index (κ2) is 2.01. The van der Waals surface area contributed by atoms with Gasteiger partial charge in [-0.15, -0.1) is 0 Å². The van der Waals surface area contributed by atoms with Crippen LogP contribution in [-0.2, 0) is 9.47 Å². The zero-order valence-corrected chi connectivity index (χ0v) is 8.04. The van der Waals surface area contributed by atoms with Crippen molar-refractivity contribution in [3.63, 3.8) is 0 Å². The number of fused-ring (bicyclic) bond motifs is 5. The lowest BCUT2D eigenvalue weighted by atomic mass is 9.74. The van der Waals surface area contributed by atoms with E-state index in [0.29, 0.717) is 5.92 Å². The van der Waals surface area contributed by atoms with Gasteiger partial charge < -0.3 is 9.47 Å². The molecule has 1 saturated heterocycles. The van der Waals surface area contributed by atoms with Gasteiger partial charge in [0.1, 0.15) is 5.60 Å². The van der Waals surface area contributed by atoms with Crippen LogP contribution < -0.4 is 0 Å². The SMILES string of the molecule is CC12C=CC(C)(O1)C1CCOC=C12. The minimum Gasteiger partial charge on any atom is -0.501 e. The van der Waals surface area contributed by atoms with E-state index in [1.165, 1.54) is 5.57 Å². The minimum atomic E-state index is -0.181. The predicted octanol–water partition coefficient (Wildman–Crippen LogP) is 2.02. The fourth-order valence-electron chi connectivity index (χ4n) is 2.82. The van der Waals surface area contributed by atoms with Gasteiger partial charge >= 0.3 is 0 Å². The van der Waals surface area contributed by atoms with Crippen LogP contribution in [0, 0.1) is 5.92 Å². The predicted molar refractivity (Wildman–Crippen MR) is 49.2 cm³/mol. The lowest BCUT2D eigenvalue weighted by Gasteiger charge is -2.30. The van der Waals surface area contributed by atoms with Crippen molar-refractivity contribution >= 4 is 0 Å². The number of rotatable bonds is 0. The maximum absolute atomic E-state index is 6.03. The van der Waals surface area contributed by atoms with Crippen LogP contribution in [0.5, 0.6) is 0 Å². The summed E-state index contributed by atoms with van der Waals surface area (Å²) in [5.41, 5.74) is 1.08. The van der Waals surface area contributed by atoms with Crippen LogP contribution >= 0.6 is 0 Å². The highest BCUT2D eigenvalue weighted by atomic mass is 16.5. The molecule has 70 valence electrons. The topological polar surface area (TPSA) is 18.5 Å². The molecule has 0 aromatic carbocycles. The van der Waals surface area contributed by atoms with Gasteiger partial charge in [0, 0.05) is 11.5 Å². The Balaban J connectivity index is 2.15. The van der Waals surface area contributed by atoms with E-state index in [2.05, 4.69) is 26.0 Å². The maximum atomic E-state index is 6.03. The highest BCUT2D eigenvalue weighted by Crippen LogP contribution is 2.54. The van der Waals surface area contributed by atoms with Crippen molar-refractivity contribution < 1.29 is 9.47 Å². The average Bonchev–Trinajstić information content (AvgIpc) is 2.55. The summed E-state index contributed by atoms with van der Waals surface area (Å²) in [5, 5.41) is 0. The first kappa shape index (κ1) is 7.63. The molecule has 0 radical (unpaired) electrons. The molecule has 0 aromatic heterocycles. The highest BCUT2D eigenvalue weighted by Gasteiger charge is 2.57. The van der Waals surface area contributed by atoms with E-state index in [0.717, 1.165) is 13.0 Å². The van der Waals surface area contributed by atoms with Crippen molar-refractivity contribution in [2.24, 2.45) is 5.92 Å². The Hall–Kier alpha value is -0.760. The van der Waals surface area contributed by atoms with Gasteiger partial charge in [0.15, 0.2) is 0 Å². The van der Waals surface area contributed by atoms with Crippen LogP contribution in [0.3, 0.4) is 0 Å². The molecule has 3 rings (SSSR count). The van der Waals surface area contributed by atoms with Crippen LogP contribution in [0.2, 0.25) is 0 Å². The zero-order chi connectivity index (χ0) is 9.10. The summed E-state index contributed by atoms with van der Waals surface area (Å²) in [7, 11) is 0. The molecule has 2 nitrogen and oxygen atoms in total. The van der Waals surface area contributed by atoms with Crippen LogP contribution in [0.4, 0.5) is 0 Å². The van der Waals surface area contributed by atoms with Crippen molar-refractivity contribution in [2.45, 2.75) is 31.5 Å². The average molecular weight is 178 g/mol. The number of hydrogen-bond acceptors (Lipinski definition) is 2. The summed E-state index contributed by atoms with van der Waals surface area (Å²) in [6.45, 7) is 5.12. The standard InChI is InChI=1S/C11H14O2/c1-10-4-5-11(2,13-10)9-7-12-6-3-8(9)10/h4-5,7-8H,3,6H2,1-2H3. The van der Waals surface area contributed by atoms with Crippen molar-refractivity contribution in [1.82, 2.24) is 0 Å². The van der Waals surface area contributed by atoms with Crippen LogP contribution in [0.1, 0.15) is 20.3 Å². The van der Waals surface area contributed by atoms with Crippen molar-refractivity contribution in [2.75, 3.05) is 6.61 Å². The van der Waals surface area contributed by atoms with Gasteiger partial charge in [-0.1, -0.05) is 6.08 Å². The molecule has 0 aromatic rings. The lowest BCUT2D eigenvalue weighted by Crippen LogP contribution is -2.31. The Morgan fingerprint density at radius 3 is 3.00 bits per heavy atom. The fraction of sp³-hybridized carbons (Fsp3) is 0.636. The van der Waals surface area contributed by atoms with Crippen LogP contribution in [-0.4, -0.2) is 17.8 Å². The van der Waals surface area contributed by atoms with Crippen LogP contribution in [0.15, 0.2) is 24.0 Å². The van der Waals surface area contributed by atoms with E-state index in [9.17, 15) is 0 Å². The van der Waals surface area contributed by atoms with Gasteiger partial charge in [-0.25, -0.2) is 0 Å². The molecule has 3 unspecified atom stereocenters. The second-order valence-electron chi connectivity index (χ2n) is 4.51. The van der Waals surface area contributed by atoms with Gasteiger partial charge in [0.05, 0.1) is 18.5 Å². The van der Waals surface area contributed by atoms with Crippen molar-refractivity contribution in [3.05, 3.63) is 24.0 Å². The van der Waals surface area contributed by atoms with E-state index >= 15 is 0 Å². The van der Waals surface area contributed by atoms with E-state index in [1.807, 2.05) is 6.26 Å². The monoisotopic (exact) mass is 178 g/mol. The summed E-state index contributed by atoms with van der Waals surface area (Å²) < 4.78 is 11.4. The van der Waals surface area contributed by atoms with Crippen LogP contribution in [0.25, 0.3) is 0 Å². The quantitative estimate of drug-likeness (QED) is 0.528. The molecule has 3 aliphatic heterocycles. The van der Waals surface area contributed by atoms with Crippen molar-refractivity contribution in [3.8, 4) is 0 Å². The van der Waals surface area contributed by atoms with E-state index in [4.69, 9.17) is 9.47 Å². The molecule has 13 heavy (non-hydrogen) atoms. The highest BCUT2D eigenvalue weighted by molar-refractivity contribution is 5.42. The maximum Gasteiger partial charge on any atom is 0.109 e. The molecule has 0 amide bonds. The third kappa shape index (κ3) is 0.773. The molecule has 0 aliphatic carbocycles. The third-order valence-corrected chi connectivity index (χ3v) is 3.54. The number of ether oxygens (including phenoxy) is 2. The lowest BCUT2D eigenvalue weighted by molar-refractivity contribution is -0.0190. The Labute approximate surface area is 78.2 Å². The molecule has 0 saturated carbocycles. The zero-order valence-electron chi connectivity index (χ0n) is 8.04. The first-order valence-corrected chi connectivity index (χ1v) is 4.87. The van der Waals surface area contributed by atoms with Crippen molar-refractivity contribution in [1.29, 1.82) is 0 Å². The molecule has 2 heteroatoms. The summed E-state index contributed by atoms with van der Waals surface area (Å²) in [6.07, 6.45) is 7.36. The van der Waals surface area contributed by atoms with Gasteiger partial charge in [0.25, 0.3) is 0 Å². The molecular weight excluding hydrogens is 164 g/mol. The summed E-state index contributed by atoms with van der Waals surface area (Å²) >= 11 is 0. The smallest absolute Gasteiger partial charge is 0.109 e. The largest absolute Gasteiger partial charge is 0.501 e. The molecule has 2 bridgehead atoms. The minimum absolute atomic E-state index is 0.0651. The van der Waals surface area contributed by atoms with E-state index in [1.54, 1.807) is 0 Å². The summed E-state index contributed by atoms with van der Waals surface area (Å²) in [5.74, 6) is 0.538. The Bertz CT molecular complexity index is 318. The Morgan fingerprint density at radius 1 is 1.38 bits per heavy atom. The number of hydrogen-bond donors (Lipinski definition) is 0. The molecule has 3 aliphatic rings. The molecule has 0 spiro atoms. The van der Waals surface area contributed by atoms with Gasteiger partial charge in [-0.2, -0.15) is 0 Å². The summed E-state index contributed by atoms with van der Waals surface area (Å²) in [4.78, 5) is 0. The Kier molecular flexibility index (Phi) is 1.18. The molecule has 1 fully saturated rings. The summed E-state index contributed by atoms with van der Waals surface area (Å²) in [6, 6.07) is 0.